The number of nitrogens with zero attached hydrogens (tertiary/aromatic N) is 1. The molecule has 1 amide bonds. The summed E-state index contributed by atoms with van der Waals surface area (Å²) >= 11 is 0. The first-order valence-electron chi connectivity index (χ1n) is 6.03. The number of hydrogen-bond acceptors (Lipinski definition) is 3. The van der Waals surface area contributed by atoms with Crippen molar-refractivity contribution in [3.8, 4) is 6.07 Å². The Morgan fingerprint density at radius 3 is 2.44 bits per heavy atom. The highest BCUT2D eigenvalue weighted by Gasteiger charge is 2.40. The van der Waals surface area contributed by atoms with Crippen LogP contribution in [0.25, 0.3) is 0 Å². The van der Waals surface area contributed by atoms with Gasteiger partial charge in [-0.1, -0.05) is 12.1 Å². The Balaban J connectivity index is 2.39. The minimum Gasteiger partial charge on any atom is -0.381 e. The van der Waals surface area contributed by atoms with E-state index in [0.29, 0.717) is 31.6 Å². The first-order chi connectivity index (χ1) is 8.73. The number of benzene rings is 1. The number of hydrogen-bond donors (Lipinski definition) is 1. The van der Waals surface area contributed by atoms with Crippen LogP contribution in [0.5, 0.6) is 0 Å². The van der Waals surface area contributed by atoms with Gasteiger partial charge < -0.3 is 10.1 Å². The summed E-state index contributed by atoms with van der Waals surface area (Å²) in [5, 5.41) is 11.6. The summed E-state index contributed by atoms with van der Waals surface area (Å²) in [6.45, 7) is 1.18. The lowest BCUT2D eigenvalue weighted by Gasteiger charge is -2.35. The van der Waals surface area contributed by atoms with Crippen molar-refractivity contribution in [3.63, 3.8) is 0 Å². The van der Waals surface area contributed by atoms with Crippen molar-refractivity contribution >= 4 is 5.91 Å². The zero-order chi connectivity index (χ0) is 13.0. The van der Waals surface area contributed by atoms with Crippen LogP contribution in [0.2, 0.25) is 0 Å². The van der Waals surface area contributed by atoms with Crippen LogP contribution in [0.15, 0.2) is 24.3 Å². The van der Waals surface area contributed by atoms with Crippen molar-refractivity contribution in [1.29, 1.82) is 5.26 Å². The van der Waals surface area contributed by atoms with Crippen LogP contribution < -0.4 is 5.32 Å². The van der Waals surface area contributed by atoms with E-state index < -0.39 is 5.41 Å². The number of nitriles is 1. The van der Waals surface area contributed by atoms with Crippen molar-refractivity contribution in [2.24, 2.45) is 0 Å². The maximum Gasteiger partial charge on any atom is 0.230 e. The van der Waals surface area contributed by atoms with E-state index >= 15 is 0 Å². The molecule has 94 valence electrons. The molecule has 2 rings (SSSR count). The highest BCUT2D eigenvalue weighted by atomic mass is 16.5. The lowest BCUT2D eigenvalue weighted by molar-refractivity contribution is -0.129. The van der Waals surface area contributed by atoms with Crippen LogP contribution in [0, 0.1) is 11.3 Å². The summed E-state index contributed by atoms with van der Waals surface area (Å²) in [5.74, 6) is 0.0236. The van der Waals surface area contributed by atoms with Gasteiger partial charge in [0.05, 0.1) is 17.0 Å². The van der Waals surface area contributed by atoms with Crippen LogP contribution in [-0.4, -0.2) is 26.2 Å². The highest BCUT2D eigenvalue weighted by Crippen LogP contribution is 2.35. The molecule has 0 spiro atoms. The largest absolute Gasteiger partial charge is 0.381 e. The second kappa shape index (κ2) is 5.19. The molecule has 1 aromatic rings. The maximum absolute atomic E-state index is 12.2. The average Bonchev–Trinajstić information content (AvgIpc) is 2.47. The molecule has 0 aliphatic carbocycles. The summed E-state index contributed by atoms with van der Waals surface area (Å²) in [4.78, 5) is 12.2. The summed E-state index contributed by atoms with van der Waals surface area (Å²) in [7, 11) is 1.66. The first kappa shape index (κ1) is 12.6. The van der Waals surface area contributed by atoms with E-state index in [2.05, 4.69) is 11.4 Å². The van der Waals surface area contributed by atoms with Crippen molar-refractivity contribution < 1.29 is 9.53 Å². The maximum atomic E-state index is 12.2. The summed E-state index contributed by atoms with van der Waals surface area (Å²) in [5.41, 5.74) is 1.06. The molecule has 1 heterocycles. The fourth-order valence-corrected chi connectivity index (χ4v) is 2.47. The quantitative estimate of drug-likeness (QED) is 0.854. The fourth-order valence-electron chi connectivity index (χ4n) is 2.47. The second-order valence-electron chi connectivity index (χ2n) is 4.46. The van der Waals surface area contributed by atoms with Crippen molar-refractivity contribution in [1.82, 2.24) is 5.32 Å². The molecular formula is C14H16N2O2. The standard InChI is InChI=1S/C14H16N2O2/c1-16-13(17)14(6-8-18-9-7-14)12-4-2-11(10-15)3-5-12/h2-5H,6-9H2,1H3,(H,16,17). The normalized spacial score (nSPS) is 17.8. The molecule has 1 aliphatic heterocycles. The molecular weight excluding hydrogens is 228 g/mol. The van der Waals surface area contributed by atoms with Gasteiger partial charge in [-0.3, -0.25) is 4.79 Å². The molecule has 0 aromatic heterocycles. The van der Waals surface area contributed by atoms with Crippen LogP contribution in [0.1, 0.15) is 24.0 Å². The monoisotopic (exact) mass is 244 g/mol. The second-order valence-corrected chi connectivity index (χ2v) is 4.46. The molecule has 0 atom stereocenters. The van der Waals surface area contributed by atoms with E-state index in [0.717, 1.165) is 5.56 Å². The van der Waals surface area contributed by atoms with Gasteiger partial charge in [0.25, 0.3) is 0 Å². The van der Waals surface area contributed by atoms with Gasteiger partial charge in [-0.25, -0.2) is 0 Å². The molecule has 4 heteroatoms. The highest BCUT2D eigenvalue weighted by molar-refractivity contribution is 5.88. The smallest absolute Gasteiger partial charge is 0.230 e. The van der Waals surface area contributed by atoms with Gasteiger partial charge >= 0.3 is 0 Å². The van der Waals surface area contributed by atoms with Gasteiger partial charge in [0.15, 0.2) is 0 Å². The van der Waals surface area contributed by atoms with Crippen molar-refractivity contribution in [3.05, 3.63) is 35.4 Å². The molecule has 1 N–H and O–H groups in total. The van der Waals surface area contributed by atoms with Crippen LogP contribution >= 0.6 is 0 Å². The summed E-state index contributed by atoms with van der Waals surface area (Å²) in [6, 6.07) is 9.35. The Labute approximate surface area is 107 Å². The SMILES string of the molecule is CNC(=O)C1(c2ccc(C#N)cc2)CCOCC1. The molecule has 1 fully saturated rings. The van der Waals surface area contributed by atoms with Crippen LogP contribution in [0.3, 0.4) is 0 Å². The van der Waals surface area contributed by atoms with Crippen LogP contribution in [0.4, 0.5) is 0 Å². The third-order valence-electron chi connectivity index (χ3n) is 3.57. The zero-order valence-corrected chi connectivity index (χ0v) is 10.4. The molecule has 1 aromatic carbocycles. The summed E-state index contributed by atoms with van der Waals surface area (Å²) < 4.78 is 5.35. The van der Waals surface area contributed by atoms with Gasteiger partial charge in [0.2, 0.25) is 5.91 Å². The minimum absolute atomic E-state index is 0.0236. The van der Waals surface area contributed by atoms with E-state index in [9.17, 15) is 4.79 Å². The third-order valence-corrected chi connectivity index (χ3v) is 3.57. The number of likely N-dealkylation sites (N-methyl/N-ethyl adjacent to an activating group) is 1. The number of carbonyl (C=O) groups is 1. The van der Waals surface area contributed by atoms with E-state index in [4.69, 9.17) is 10.00 Å². The van der Waals surface area contributed by atoms with Crippen LogP contribution in [-0.2, 0) is 14.9 Å². The van der Waals surface area contributed by atoms with E-state index in [-0.39, 0.29) is 5.91 Å². The Morgan fingerprint density at radius 1 is 1.33 bits per heavy atom. The van der Waals surface area contributed by atoms with Gasteiger partial charge in [-0.05, 0) is 30.5 Å². The number of rotatable bonds is 2. The van der Waals surface area contributed by atoms with E-state index in [1.807, 2.05) is 12.1 Å². The number of amides is 1. The molecule has 0 unspecified atom stereocenters. The fraction of sp³-hybridized carbons (Fsp3) is 0.429. The predicted molar refractivity (Wildman–Crippen MR) is 67.0 cm³/mol. The molecule has 0 saturated carbocycles. The van der Waals surface area contributed by atoms with Crippen molar-refractivity contribution in [2.45, 2.75) is 18.3 Å². The third kappa shape index (κ3) is 2.09. The molecule has 1 saturated heterocycles. The topological polar surface area (TPSA) is 62.1 Å². The molecule has 18 heavy (non-hydrogen) atoms. The lowest BCUT2D eigenvalue weighted by Crippen LogP contribution is -2.46. The average molecular weight is 244 g/mol. The van der Waals surface area contributed by atoms with Crippen molar-refractivity contribution in [2.75, 3.05) is 20.3 Å². The lowest BCUT2D eigenvalue weighted by atomic mass is 9.73. The summed E-state index contributed by atoms with van der Waals surface area (Å²) in [6.07, 6.45) is 1.36. The van der Waals surface area contributed by atoms with Gasteiger partial charge in [-0.2, -0.15) is 5.26 Å². The van der Waals surface area contributed by atoms with Gasteiger partial charge in [0, 0.05) is 20.3 Å². The molecule has 0 bridgehead atoms. The Morgan fingerprint density at radius 2 is 1.94 bits per heavy atom. The number of nitrogens with one attached hydrogen (secondary N) is 1. The molecule has 4 nitrogen and oxygen atoms in total. The predicted octanol–water partition coefficient (Wildman–Crippen LogP) is 1.35. The van der Waals surface area contributed by atoms with Gasteiger partial charge in [0.1, 0.15) is 0 Å². The van der Waals surface area contributed by atoms with Gasteiger partial charge in [-0.15, -0.1) is 0 Å². The van der Waals surface area contributed by atoms with E-state index in [1.54, 1.807) is 19.2 Å². The molecule has 1 aliphatic rings. The van der Waals surface area contributed by atoms with E-state index in [1.165, 1.54) is 0 Å². The zero-order valence-electron chi connectivity index (χ0n) is 10.4. The first-order valence-corrected chi connectivity index (χ1v) is 6.03. The minimum atomic E-state index is -0.513. The molecule has 0 radical (unpaired) electrons. The Hall–Kier alpha value is -1.86. The Kier molecular flexibility index (Phi) is 3.63. The number of carbonyl (C=O) groups excluding carboxylic acids is 1. The number of ether oxygens (including phenoxy) is 1. The Bertz CT molecular complexity index is 468.